The second-order valence-electron chi connectivity index (χ2n) is 2.65. The molecule has 2 aliphatic heterocycles. The number of allylic oxidation sites excluding steroid dienone is 2. The highest BCUT2D eigenvalue weighted by Crippen LogP contribution is 2.20. The molecule has 0 aromatic carbocycles. The molecule has 0 aromatic rings. The van der Waals surface area contributed by atoms with Gasteiger partial charge in [0.1, 0.15) is 0 Å². The molecule has 2 aliphatic rings. The Bertz CT molecular complexity index is 270. The Balaban J connectivity index is 0.000000720. The van der Waals surface area contributed by atoms with Gasteiger partial charge in [-0.1, -0.05) is 0 Å². The first kappa shape index (κ1) is 9.57. The third kappa shape index (κ3) is 1.48. The normalized spacial score (nSPS) is 25.2. The first-order chi connectivity index (χ1) is 5.27. The summed E-state index contributed by atoms with van der Waals surface area (Å²) in [5, 5.41) is 0. The van der Waals surface area contributed by atoms with E-state index in [4.69, 9.17) is 4.74 Å². The number of aliphatic imine (C=N–C) groups is 1. The van der Waals surface area contributed by atoms with E-state index in [1.54, 1.807) is 0 Å². The zero-order valence-corrected chi connectivity index (χ0v) is 9.35. The third-order valence-electron chi connectivity index (χ3n) is 1.71. The number of ether oxygens (including phenoxy) is 1. The quantitative estimate of drug-likeness (QED) is 0.630. The number of likely N-dealkylation sites (N-methyl/N-ethyl adjacent to an activating group) is 1. The lowest BCUT2D eigenvalue weighted by Crippen LogP contribution is -2.22. The molecule has 0 spiro atoms. The summed E-state index contributed by atoms with van der Waals surface area (Å²) in [6.07, 6.45) is 5.82. The molecule has 0 radical (unpaired) electrons. The summed E-state index contributed by atoms with van der Waals surface area (Å²) < 4.78 is 5.40. The Morgan fingerprint density at radius 1 is 1.58 bits per heavy atom. The van der Waals surface area contributed by atoms with Gasteiger partial charge >= 0.3 is 0 Å². The highest BCUT2D eigenvalue weighted by atomic mass is 127. The molecule has 12 heavy (non-hydrogen) atoms. The van der Waals surface area contributed by atoms with Gasteiger partial charge in [0.15, 0.2) is 17.8 Å². The summed E-state index contributed by atoms with van der Waals surface area (Å²) in [5.41, 5.74) is 0. The van der Waals surface area contributed by atoms with Crippen LogP contribution in [0.15, 0.2) is 29.1 Å². The number of hydrogen-bond donors (Lipinski definition) is 0. The molecule has 0 N–H and O–H groups in total. The molecule has 0 fully saturated rings. The molecular formula is C8H11IN2O. The van der Waals surface area contributed by atoms with Crippen molar-refractivity contribution in [1.29, 1.82) is 0 Å². The highest BCUT2D eigenvalue weighted by Gasteiger charge is 2.23. The number of fused-ring (bicyclic) bond motifs is 1. The zero-order chi connectivity index (χ0) is 7.84. The standard InChI is InChI=1S/C8H10N2O.HI/c1-6-9-8-7(11-6)4-3-5-10(8)2;/h3-6H,1-2H3;1H. The Morgan fingerprint density at radius 3 is 3.00 bits per heavy atom. The average molecular weight is 278 g/mol. The minimum atomic E-state index is -0.0291. The van der Waals surface area contributed by atoms with Gasteiger partial charge in [-0.3, -0.25) is 0 Å². The van der Waals surface area contributed by atoms with Crippen molar-refractivity contribution in [3.05, 3.63) is 24.1 Å². The predicted octanol–water partition coefficient (Wildman–Crippen LogP) is 1.72. The van der Waals surface area contributed by atoms with Crippen LogP contribution in [0.2, 0.25) is 0 Å². The van der Waals surface area contributed by atoms with E-state index in [0.29, 0.717) is 0 Å². The predicted molar refractivity (Wildman–Crippen MR) is 58.4 cm³/mol. The second-order valence-corrected chi connectivity index (χ2v) is 2.65. The van der Waals surface area contributed by atoms with Gasteiger partial charge in [0, 0.05) is 13.2 Å². The molecule has 66 valence electrons. The van der Waals surface area contributed by atoms with Crippen molar-refractivity contribution in [3.8, 4) is 0 Å². The first-order valence-electron chi connectivity index (χ1n) is 3.63. The molecule has 4 heteroatoms. The lowest BCUT2D eigenvalue weighted by molar-refractivity contribution is 0.173. The van der Waals surface area contributed by atoms with Gasteiger partial charge in [0.2, 0.25) is 0 Å². The molecule has 0 amide bonds. The van der Waals surface area contributed by atoms with E-state index in [1.807, 2.05) is 37.2 Å². The Kier molecular flexibility index (Phi) is 2.76. The van der Waals surface area contributed by atoms with Crippen LogP contribution in [-0.2, 0) is 4.74 Å². The fourth-order valence-corrected chi connectivity index (χ4v) is 1.21. The maximum absolute atomic E-state index is 5.40. The fourth-order valence-electron chi connectivity index (χ4n) is 1.21. The van der Waals surface area contributed by atoms with Crippen molar-refractivity contribution >= 4 is 29.8 Å². The van der Waals surface area contributed by atoms with Gasteiger partial charge in [-0.2, -0.15) is 0 Å². The minimum absolute atomic E-state index is 0. The Labute approximate surface area is 88.8 Å². The number of halogens is 1. The molecule has 1 unspecified atom stereocenters. The summed E-state index contributed by atoms with van der Waals surface area (Å²) in [4.78, 5) is 6.25. The van der Waals surface area contributed by atoms with Gasteiger partial charge in [-0.15, -0.1) is 24.0 Å². The molecule has 0 saturated heterocycles. The van der Waals surface area contributed by atoms with Crippen LogP contribution in [0.5, 0.6) is 0 Å². The smallest absolute Gasteiger partial charge is 0.189 e. The lowest BCUT2D eigenvalue weighted by Gasteiger charge is -2.16. The van der Waals surface area contributed by atoms with Crippen molar-refractivity contribution in [2.24, 2.45) is 4.99 Å². The minimum Gasteiger partial charge on any atom is -0.465 e. The SMILES string of the molecule is CC1N=C2C(=CC=CN2C)O1.I. The molecule has 2 rings (SSSR count). The molecule has 0 aromatic heterocycles. The molecule has 0 aliphatic carbocycles. The van der Waals surface area contributed by atoms with Crippen molar-refractivity contribution in [1.82, 2.24) is 4.90 Å². The van der Waals surface area contributed by atoms with Crippen LogP contribution in [0.4, 0.5) is 0 Å². The van der Waals surface area contributed by atoms with Crippen LogP contribution in [0.1, 0.15) is 6.92 Å². The molecule has 0 saturated carbocycles. The van der Waals surface area contributed by atoms with Crippen LogP contribution in [0.3, 0.4) is 0 Å². The van der Waals surface area contributed by atoms with E-state index in [9.17, 15) is 0 Å². The molecular weight excluding hydrogens is 267 g/mol. The lowest BCUT2D eigenvalue weighted by atomic mass is 10.3. The fraction of sp³-hybridized carbons (Fsp3) is 0.375. The van der Waals surface area contributed by atoms with E-state index in [1.165, 1.54) is 0 Å². The van der Waals surface area contributed by atoms with E-state index in [2.05, 4.69) is 4.99 Å². The number of nitrogens with zero attached hydrogens (tertiary/aromatic N) is 2. The number of amidine groups is 1. The van der Waals surface area contributed by atoms with Crippen molar-refractivity contribution < 1.29 is 4.74 Å². The van der Waals surface area contributed by atoms with E-state index >= 15 is 0 Å². The van der Waals surface area contributed by atoms with Gasteiger partial charge < -0.3 is 9.64 Å². The Hall–Kier alpha value is -0.520. The van der Waals surface area contributed by atoms with Gasteiger partial charge in [-0.25, -0.2) is 4.99 Å². The van der Waals surface area contributed by atoms with Crippen LogP contribution in [-0.4, -0.2) is 24.0 Å². The van der Waals surface area contributed by atoms with Crippen LogP contribution in [0, 0.1) is 0 Å². The molecule has 1 atom stereocenters. The summed E-state index contributed by atoms with van der Waals surface area (Å²) >= 11 is 0. The van der Waals surface area contributed by atoms with Crippen LogP contribution < -0.4 is 0 Å². The Morgan fingerprint density at radius 2 is 2.33 bits per heavy atom. The topological polar surface area (TPSA) is 24.8 Å². The summed E-state index contributed by atoms with van der Waals surface area (Å²) in [6, 6.07) is 0. The van der Waals surface area contributed by atoms with Crippen molar-refractivity contribution in [3.63, 3.8) is 0 Å². The highest BCUT2D eigenvalue weighted by molar-refractivity contribution is 14.0. The largest absolute Gasteiger partial charge is 0.465 e. The first-order valence-corrected chi connectivity index (χ1v) is 3.63. The maximum atomic E-state index is 5.40. The summed E-state index contributed by atoms with van der Waals surface area (Å²) in [5.74, 6) is 1.81. The van der Waals surface area contributed by atoms with Gasteiger partial charge in [-0.05, 0) is 19.1 Å². The van der Waals surface area contributed by atoms with Crippen LogP contribution >= 0.6 is 24.0 Å². The van der Waals surface area contributed by atoms with Crippen molar-refractivity contribution in [2.45, 2.75) is 13.2 Å². The maximum Gasteiger partial charge on any atom is 0.189 e. The zero-order valence-electron chi connectivity index (χ0n) is 7.02. The van der Waals surface area contributed by atoms with Gasteiger partial charge in [0.05, 0.1) is 0 Å². The molecule has 0 bridgehead atoms. The summed E-state index contributed by atoms with van der Waals surface area (Å²) in [6.45, 7) is 1.93. The monoisotopic (exact) mass is 278 g/mol. The van der Waals surface area contributed by atoms with Crippen LogP contribution in [0.25, 0.3) is 0 Å². The number of hydrogen-bond acceptors (Lipinski definition) is 3. The van der Waals surface area contributed by atoms with E-state index in [0.717, 1.165) is 11.6 Å². The van der Waals surface area contributed by atoms with E-state index in [-0.39, 0.29) is 30.2 Å². The third-order valence-corrected chi connectivity index (χ3v) is 1.71. The van der Waals surface area contributed by atoms with Crippen molar-refractivity contribution in [2.75, 3.05) is 7.05 Å². The average Bonchev–Trinajstić information content (AvgIpc) is 2.31. The summed E-state index contributed by atoms with van der Waals surface area (Å²) in [7, 11) is 1.96. The van der Waals surface area contributed by atoms with Gasteiger partial charge in [0.25, 0.3) is 0 Å². The second kappa shape index (κ2) is 3.47. The van der Waals surface area contributed by atoms with E-state index < -0.39 is 0 Å². The number of rotatable bonds is 0. The molecule has 3 nitrogen and oxygen atoms in total. The molecule has 2 heterocycles.